The summed E-state index contributed by atoms with van der Waals surface area (Å²) < 4.78 is 7.59. The molecule has 2 aliphatic heterocycles. The molecule has 0 radical (unpaired) electrons. The molecular weight excluding hydrogens is 268 g/mol. The quantitative estimate of drug-likeness (QED) is 0.872. The summed E-state index contributed by atoms with van der Waals surface area (Å²) in [4.78, 5) is 12.2. The van der Waals surface area contributed by atoms with E-state index < -0.39 is 0 Å². The molecule has 3 rings (SSSR count). The standard InChI is InChI=1S/C15H24N4O2/c1-15(6-3-9-21-15)11-17-14(20)13-5-8-19(18-13)12-4-2-7-16-10-12/h5,8,12,16H,2-4,6-7,9-11H2,1H3,(H,17,20)/t12-,15+/m1/s1. The van der Waals surface area contributed by atoms with Gasteiger partial charge in [-0.3, -0.25) is 9.48 Å². The zero-order chi connectivity index (χ0) is 14.7. The van der Waals surface area contributed by atoms with Crippen LogP contribution in [0.4, 0.5) is 0 Å². The van der Waals surface area contributed by atoms with Gasteiger partial charge in [-0.1, -0.05) is 0 Å². The van der Waals surface area contributed by atoms with Crippen molar-refractivity contribution in [2.24, 2.45) is 0 Å². The van der Waals surface area contributed by atoms with Crippen LogP contribution in [0.3, 0.4) is 0 Å². The Morgan fingerprint density at radius 2 is 2.52 bits per heavy atom. The highest BCUT2D eigenvalue weighted by Crippen LogP contribution is 2.24. The Balaban J connectivity index is 1.56. The monoisotopic (exact) mass is 292 g/mol. The fraction of sp³-hybridized carbons (Fsp3) is 0.733. The van der Waals surface area contributed by atoms with E-state index >= 15 is 0 Å². The highest BCUT2D eigenvalue weighted by molar-refractivity contribution is 5.92. The van der Waals surface area contributed by atoms with E-state index in [1.54, 1.807) is 6.07 Å². The first-order valence-corrected chi connectivity index (χ1v) is 7.84. The molecule has 0 aliphatic carbocycles. The Kier molecular flexibility index (Phi) is 4.26. The fourth-order valence-corrected chi connectivity index (χ4v) is 3.06. The van der Waals surface area contributed by atoms with Crippen molar-refractivity contribution >= 4 is 5.91 Å². The second-order valence-electron chi connectivity index (χ2n) is 6.27. The Morgan fingerprint density at radius 3 is 3.24 bits per heavy atom. The summed E-state index contributed by atoms with van der Waals surface area (Å²) in [6, 6.07) is 2.15. The normalized spacial score (nSPS) is 29.5. The van der Waals surface area contributed by atoms with Crippen LogP contribution < -0.4 is 10.6 Å². The number of nitrogens with one attached hydrogen (secondary N) is 2. The molecule has 3 heterocycles. The van der Waals surface area contributed by atoms with Gasteiger partial charge < -0.3 is 15.4 Å². The third kappa shape index (κ3) is 3.44. The van der Waals surface area contributed by atoms with Crippen molar-refractivity contribution in [1.82, 2.24) is 20.4 Å². The van der Waals surface area contributed by atoms with Gasteiger partial charge in [0.1, 0.15) is 5.69 Å². The van der Waals surface area contributed by atoms with Gasteiger partial charge in [0.25, 0.3) is 5.91 Å². The third-order valence-electron chi connectivity index (χ3n) is 4.41. The van der Waals surface area contributed by atoms with Gasteiger partial charge in [0, 0.05) is 25.9 Å². The van der Waals surface area contributed by atoms with Gasteiger partial charge >= 0.3 is 0 Å². The number of rotatable bonds is 4. The first-order chi connectivity index (χ1) is 10.2. The Hall–Kier alpha value is -1.40. The molecule has 21 heavy (non-hydrogen) atoms. The lowest BCUT2D eigenvalue weighted by atomic mass is 10.0. The number of carbonyl (C=O) groups is 1. The van der Waals surface area contributed by atoms with Crippen LogP contribution in [0.5, 0.6) is 0 Å². The minimum atomic E-state index is -0.217. The Bertz CT molecular complexity index is 488. The molecule has 0 spiro atoms. The predicted molar refractivity (Wildman–Crippen MR) is 79.3 cm³/mol. The molecule has 1 aromatic heterocycles. The van der Waals surface area contributed by atoms with Crippen LogP contribution in [0.15, 0.2) is 12.3 Å². The summed E-state index contributed by atoms with van der Waals surface area (Å²) in [6.45, 7) is 5.38. The van der Waals surface area contributed by atoms with Crippen molar-refractivity contribution in [2.75, 3.05) is 26.2 Å². The van der Waals surface area contributed by atoms with Crippen LogP contribution in [-0.4, -0.2) is 47.5 Å². The van der Waals surface area contributed by atoms with Gasteiger partial charge in [-0.2, -0.15) is 5.10 Å². The molecule has 6 nitrogen and oxygen atoms in total. The molecule has 1 aromatic rings. The zero-order valence-electron chi connectivity index (χ0n) is 12.6. The molecule has 6 heteroatoms. The van der Waals surface area contributed by atoms with E-state index in [1.807, 2.05) is 17.8 Å². The molecule has 2 N–H and O–H groups in total. The fourth-order valence-electron chi connectivity index (χ4n) is 3.06. The highest BCUT2D eigenvalue weighted by atomic mass is 16.5. The van der Waals surface area contributed by atoms with Crippen molar-refractivity contribution in [3.8, 4) is 0 Å². The zero-order valence-corrected chi connectivity index (χ0v) is 12.6. The maximum absolute atomic E-state index is 12.2. The van der Waals surface area contributed by atoms with Crippen LogP contribution in [0, 0.1) is 0 Å². The van der Waals surface area contributed by atoms with Crippen molar-refractivity contribution in [3.05, 3.63) is 18.0 Å². The average molecular weight is 292 g/mol. The van der Waals surface area contributed by atoms with Crippen LogP contribution in [0.2, 0.25) is 0 Å². The number of nitrogens with zero attached hydrogens (tertiary/aromatic N) is 2. The van der Waals surface area contributed by atoms with Gasteiger partial charge in [0.2, 0.25) is 0 Å². The van der Waals surface area contributed by atoms with Gasteiger partial charge in [0.05, 0.1) is 11.6 Å². The smallest absolute Gasteiger partial charge is 0.271 e. The second-order valence-corrected chi connectivity index (χ2v) is 6.27. The highest BCUT2D eigenvalue weighted by Gasteiger charge is 2.30. The summed E-state index contributed by atoms with van der Waals surface area (Å²) in [5.41, 5.74) is 0.271. The average Bonchev–Trinajstić information content (AvgIpc) is 3.16. The molecule has 0 saturated carbocycles. The second kappa shape index (κ2) is 6.15. The van der Waals surface area contributed by atoms with Gasteiger partial charge in [-0.15, -0.1) is 0 Å². The minimum Gasteiger partial charge on any atom is -0.373 e. The summed E-state index contributed by atoms with van der Waals surface area (Å²) in [7, 11) is 0. The summed E-state index contributed by atoms with van der Waals surface area (Å²) in [5.74, 6) is -0.116. The van der Waals surface area contributed by atoms with E-state index in [4.69, 9.17) is 4.74 Å². The SMILES string of the molecule is C[C@@]1(CNC(=O)c2ccn([C@@H]3CCCNC3)n2)CCCO1. The van der Waals surface area contributed by atoms with Gasteiger partial charge in [-0.25, -0.2) is 0 Å². The van der Waals surface area contributed by atoms with Crippen molar-refractivity contribution in [3.63, 3.8) is 0 Å². The van der Waals surface area contributed by atoms with Crippen molar-refractivity contribution in [2.45, 2.75) is 44.2 Å². The van der Waals surface area contributed by atoms with Gasteiger partial charge in [-0.05, 0) is 45.2 Å². The van der Waals surface area contributed by atoms with E-state index in [2.05, 4.69) is 15.7 Å². The maximum atomic E-state index is 12.2. The lowest BCUT2D eigenvalue weighted by Crippen LogP contribution is -2.40. The lowest BCUT2D eigenvalue weighted by molar-refractivity contribution is 0.0205. The third-order valence-corrected chi connectivity index (χ3v) is 4.41. The molecular formula is C15H24N4O2. The molecule has 2 atom stereocenters. The summed E-state index contributed by atoms with van der Waals surface area (Å²) in [5, 5.41) is 10.7. The lowest BCUT2D eigenvalue weighted by Gasteiger charge is -2.23. The molecule has 0 aromatic carbocycles. The molecule has 0 unspecified atom stereocenters. The first-order valence-electron chi connectivity index (χ1n) is 7.84. The van der Waals surface area contributed by atoms with E-state index in [-0.39, 0.29) is 11.5 Å². The van der Waals surface area contributed by atoms with Crippen LogP contribution in [0.1, 0.15) is 49.1 Å². The number of aromatic nitrogens is 2. The number of piperidine rings is 1. The summed E-state index contributed by atoms with van der Waals surface area (Å²) in [6.07, 6.45) is 6.23. The number of hydrogen-bond donors (Lipinski definition) is 2. The molecule has 0 bridgehead atoms. The largest absolute Gasteiger partial charge is 0.373 e. The molecule has 2 saturated heterocycles. The van der Waals surface area contributed by atoms with E-state index in [0.717, 1.165) is 45.4 Å². The molecule has 2 aliphatic rings. The Labute approximate surface area is 125 Å². The van der Waals surface area contributed by atoms with Crippen molar-refractivity contribution in [1.29, 1.82) is 0 Å². The Morgan fingerprint density at radius 1 is 1.62 bits per heavy atom. The van der Waals surface area contributed by atoms with Crippen LogP contribution >= 0.6 is 0 Å². The molecule has 116 valence electrons. The summed E-state index contributed by atoms with van der Waals surface area (Å²) >= 11 is 0. The molecule has 2 fully saturated rings. The van der Waals surface area contributed by atoms with Crippen LogP contribution in [0.25, 0.3) is 0 Å². The van der Waals surface area contributed by atoms with E-state index in [9.17, 15) is 4.79 Å². The number of ether oxygens (including phenoxy) is 1. The van der Waals surface area contributed by atoms with E-state index in [0.29, 0.717) is 18.3 Å². The maximum Gasteiger partial charge on any atom is 0.271 e. The van der Waals surface area contributed by atoms with Gasteiger partial charge in [0.15, 0.2) is 0 Å². The van der Waals surface area contributed by atoms with E-state index in [1.165, 1.54) is 0 Å². The minimum absolute atomic E-state index is 0.116. The molecule has 1 amide bonds. The first kappa shape index (κ1) is 14.5. The number of amides is 1. The predicted octanol–water partition coefficient (Wildman–Crippen LogP) is 1.11. The van der Waals surface area contributed by atoms with Crippen LogP contribution in [-0.2, 0) is 4.74 Å². The topological polar surface area (TPSA) is 68.2 Å². The number of carbonyl (C=O) groups excluding carboxylic acids is 1. The van der Waals surface area contributed by atoms with Crippen molar-refractivity contribution < 1.29 is 9.53 Å². The number of hydrogen-bond acceptors (Lipinski definition) is 4.